The minimum Gasteiger partial charge on any atom is -0.486 e. The van der Waals surface area contributed by atoms with E-state index in [9.17, 15) is 13.2 Å². The predicted molar refractivity (Wildman–Crippen MR) is 120 cm³/mol. The SMILES string of the molecule is CN(C)CCSSCC(=O)c1ccc(NS(=O)(=O)c2ccc3c(c2)OCCO3)nc1. The summed E-state index contributed by atoms with van der Waals surface area (Å²) in [6.45, 7) is 1.75. The number of pyridine rings is 1. The number of benzene rings is 1. The average molecular weight is 470 g/mol. The summed E-state index contributed by atoms with van der Waals surface area (Å²) in [6.07, 6.45) is 1.38. The maximum atomic E-state index is 12.6. The van der Waals surface area contributed by atoms with Gasteiger partial charge in [-0.2, -0.15) is 0 Å². The lowest BCUT2D eigenvalue weighted by Crippen LogP contribution is -2.17. The highest BCUT2D eigenvalue weighted by Gasteiger charge is 2.20. The van der Waals surface area contributed by atoms with Gasteiger partial charge in [0.15, 0.2) is 17.3 Å². The molecule has 0 fully saturated rings. The van der Waals surface area contributed by atoms with E-state index in [0.29, 0.717) is 36.0 Å². The molecular formula is C19H23N3O5S3. The van der Waals surface area contributed by atoms with Crippen LogP contribution in [0.5, 0.6) is 11.5 Å². The van der Waals surface area contributed by atoms with Gasteiger partial charge in [-0.05, 0) is 38.4 Å². The maximum absolute atomic E-state index is 12.6. The zero-order valence-corrected chi connectivity index (χ0v) is 19.1. The number of nitrogens with zero attached hydrogens (tertiary/aromatic N) is 2. The molecule has 162 valence electrons. The summed E-state index contributed by atoms with van der Waals surface area (Å²) in [7, 11) is 3.31. The summed E-state index contributed by atoms with van der Waals surface area (Å²) >= 11 is 0. The number of sulfonamides is 1. The number of ketones is 1. The molecule has 1 aliphatic rings. The molecule has 1 aromatic carbocycles. The lowest BCUT2D eigenvalue weighted by molar-refractivity contribution is 0.102. The Morgan fingerprint density at radius 3 is 2.60 bits per heavy atom. The van der Waals surface area contributed by atoms with Gasteiger partial charge in [-0.1, -0.05) is 21.6 Å². The lowest BCUT2D eigenvalue weighted by Gasteiger charge is -2.19. The lowest BCUT2D eigenvalue weighted by atomic mass is 10.2. The van der Waals surface area contributed by atoms with E-state index in [4.69, 9.17) is 9.47 Å². The quantitative estimate of drug-likeness (QED) is 0.320. The second-order valence-electron chi connectivity index (χ2n) is 6.65. The molecule has 0 aliphatic carbocycles. The number of carbonyl (C=O) groups excluding carboxylic acids is 1. The van der Waals surface area contributed by atoms with Crippen molar-refractivity contribution in [3.63, 3.8) is 0 Å². The van der Waals surface area contributed by atoms with Crippen LogP contribution in [0, 0.1) is 0 Å². The molecule has 0 bridgehead atoms. The van der Waals surface area contributed by atoms with Gasteiger partial charge in [0.2, 0.25) is 0 Å². The van der Waals surface area contributed by atoms with E-state index in [-0.39, 0.29) is 16.5 Å². The van der Waals surface area contributed by atoms with Gasteiger partial charge in [-0.15, -0.1) is 0 Å². The number of carbonyl (C=O) groups is 1. The van der Waals surface area contributed by atoms with Crippen molar-refractivity contribution in [1.29, 1.82) is 0 Å². The van der Waals surface area contributed by atoms with Crippen LogP contribution in [0.4, 0.5) is 5.82 Å². The number of Topliss-reactive ketones (excluding diaryl/α,β-unsaturated/α-hetero) is 1. The molecule has 0 spiro atoms. The number of aromatic nitrogens is 1. The molecule has 3 rings (SSSR count). The van der Waals surface area contributed by atoms with Gasteiger partial charge < -0.3 is 14.4 Å². The fourth-order valence-corrected chi connectivity index (χ4v) is 5.55. The van der Waals surface area contributed by atoms with E-state index in [1.165, 1.54) is 35.2 Å². The molecule has 11 heteroatoms. The molecule has 0 unspecified atom stereocenters. The van der Waals surface area contributed by atoms with Gasteiger partial charge in [-0.25, -0.2) is 13.4 Å². The minimum atomic E-state index is -3.85. The third kappa shape index (κ3) is 6.27. The van der Waals surface area contributed by atoms with Gasteiger partial charge in [-0.3, -0.25) is 9.52 Å². The predicted octanol–water partition coefficient (Wildman–Crippen LogP) is 2.78. The minimum absolute atomic E-state index is 0.0415. The summed E-state index contributed by atoms with van der Waals surface area (Å²) in [4.78, 5) is 18.5. The molecule has 1 aliphatic heterocycles. The van der Waals surface area contributed by atoms with Crippen molar-refractivity contribution in [2.24, 2.45) is 0 Å². The second kappa shape index (κ2) is 10.4. The molecule has 2 aromatic rings. The van der Waals surface area contributed by atoms with Gasteiger partial charge >= 0.3 is 0 Å². The number of hydrogen-bond donors (Lipinski definition) is 1. The van der Waals surface area contributed by atoms with E-state index in [2.05, 4.69) is 14.6 Å². The van der Waals surface area contributed by atoms with Crippen molar-refractivity contribution >= 4 is 43.2 Å². The van der Waals surface area contributed by atoms with Crippen LogP contribution in [0.1, 0.15) is 10.4 Å². The Labute approximate surface area is 184 Å². The van der Waals surface area contributed by atoms with Crippen LogP contribution in [-0.4, -0.2) is 69.4 Å². The van der Waals surface area contributed by atoms with Crippen molar-refractivity contribution in [3.05, 3.63) is 42.1 Å². The van der Waals surface area contributed by atoms with Gasteiger partial charge in [0, 0.05) is 30.1 Å². The summed E-state index contributed by atoms with van der Waals surface area (Å²) in [5.74, 6) is 2.25. The highest BCUT2D eigenvalue weighted by molar-refractivity contribution is 8.76. The van der Waals surface area contributed by atoms with Crippen LogP contribution in [0.15, 0.2) is 41.4 Å². The van der Waals surface area contributed by atoms with Crippen molar-refractivity contribution in [2.45, 2.75) is 4.90 Å². The van der Waals surface area contributed by atoms with Gasteiger partial charge in [0.25, 0.3) is 10.0 Å². The van der Waals surface area contributed by atoms with Crippen LogP contribution in [0.2, 0.25) is 0 Å². The zero-order chi connectivity index (χ0) is 21.6. The molecule has 1 aromatic heterocycles. The summed E-state index contributed by atoms with van der Waals surface area (Å²) < 4.78 is 38.5. The van der Waals surface area contributed by atoms with E-state index in [1.54, 1.807) is 22.9 Å². The van der Waals surface area contributed by atoms with Crippen LogP contribution in [0.3, 0.4) is 0 Å². The Balaban J connectivity index is 1.57. The summed E-state index contributed by atoms with van der Waals surface area (Å²) in [5.41, 5.74) is 0.443. The fourth-order valence-electron chi connectivity index (χ4n) is 2.46. The van der Waals surface area contributed by atoms with E-state index in [0.717, 1.165) is 12.3 Å². The maximum Gasteiger partial charge on any atom is 0.263 e. The Hall–Kier alpha value is -1.95. The van der Waals surface area contributed by atoms with Crippen LogP contribution < -0.4 is 14.2 Å². The molecule has 30 heavy (non-hydrogen) atoms. The fraction of sp³-hybridized carbons (Fsp3) is 0.368. The first-order chi connectivity index (χ1) is 14.3. The van der Waals surface area contributed by atoms with Crippen LogP contribution in [-0.2, 0) is 10.0 Å². The molecule has 0 amide bonds. The topological polar surface area (TPSA) is 97.8 Å². The number of anilines is 1. The Kier molecular flexibility index (Phi) is 7.87. The first-order valence-corrected chi connectivity index (χ1v) is 13.1. The van der Waals surface area contributed by atoms with Crippen molar-refractivity contribution in [2.75, 3.05) is 50.1 Å². The monoisotopic (exact) mass is 469 g/mol. The second-order valence-corrected chi connectivity index (χ2v) is 10.9. The Morgan fingerprint density at radius 2 is 1.90 bits per heavy atom. The van der Waals surface area contributed by atoms with Gasteiger partial charge in [0.05, 0.1) is 10.6 Å². The molecule has 0 saturated carbocycles. The van der Waals surface area contributed by atoms with Crippen molar-refractivity contribution < 1.29 is 22.7 Å². The highest BCUT2D eigenvalue weighted by Crippen LogP contribution is 2.32. The van der Waals surface area contributed by atoms with Gasteiger partial charge in [0.1, 0.15) is 19.0 Å². The molecule has 0 atom stereocenters. The number of hydrogen-bond acceptors (Lipinski definition) is 9. The first kappa shape index (κ1) is 22.7. The Bertz CT molecular complexity index is 981. The largest absolute Gasteiger partial charge is 0.486 e. The third-order valence-electron chi connectivity index (χ3n) is 4.04. The van der Waals surface area contributed by atoms with Crippen molar-refractivity contribution in [3.8, 4) is 11.5 Å². The van der Waals surface area contributed by atoms with E-state index in [1.807, 2.05) is 14.1 Å². The number of fused-ring (bicyclic) bond motifs is 1. The number of ether oxygens (including phenoxy) is 2. The van der Waals surface area contributed by atoms with Crippen LogP contribution >= 0.6 is 21.6 Å². The summed E-state index contributed by atoms with van der Waals surface area (Å²) in [6, 6.07) is 7.47. The number of nitrogens with one attached hydrogen (secondary N) is 1. The first-order valence-electron chi connectivity index (χ1n) is 9.16. The molecule has 2 heterocycles. The third-order valence-corrected chi connectivity index (χ3v) is 7.65. The molecule has 8 nitrogen and oxygen atoms in total. The molecular weight excluding hydrogens is 446 g/mol. The average Bonchev–Trinajstić information content (AvgIpc) is 2.73. The van der Waals surface area contributed by atoms with Crippen molar-refractivity contribution in [1.82, 2.24) is 9.88 Å². The standard InChI is InChI=1S/C19H23N3O5S3/c1-22(2)7-10-28-29-13-16(23)14-3-6-19(20-12-14)21-30(24,25)15-4-5-17-18(11-15)27-9-8-26-17/h3-6,11-12H,7-10,13H2,1-2H3,(H,20,21). The highest BCUT2D eigenvalue weighted by atomic mass is 33.1. The van der Waals surface area contributed by atoms with E-state index >= 15 is 0 Å². The molecule has 0 saturated heterocycles. The summed E-state index contributed by atoms with van der Waals surface area (Å²) in [5, 5.41) is 0. The number of rotatable bonds is 10. The smallest absolute Gasteiger partial charge is 0.263 e. The zero-order valence-electron chi connectivity index (χ0n) is 16.7. The molecule has 0 radical (unpaired) electrons. The Morgan fingerprint density at radius 1 is 1.13 bits per heavy atom. The van der Waals surface area contributed by atoms with Crippen LogP contribution in [0.25, 0.3) is 0 Å². The molecule has 1 N–H and O–H groups in total. The normalized spacial score (nSPS) is 13.3. The van der Waals surface area contributed by atoms with E-state index < -0.39 is 10.0 Å².